The van der Waals surface area contributed by atoms with Crippen molar-refractivity contribution in [3.05, 3.63) is 75.3 Å². The summed E-state index contributed by atoms with van der Waals surface area (Å²) < 4.78 is 5.33. The molecule has 2 amide bonds. The molecule has 0 unspecified atom stereocenters. The normalized spacial score (nSPS) is 16.8. The van der Waals surface area contributed by atoms with Crippen molar-refractivity contribution in [1.82, 2.24) is 4.90 Å². The zero-order valence-electron chi connectivity index (χ0n) is 15.2. The highest BCUT2D eigenvalue weighted by Gasteiger charge is 2.36. The maximum Gasteiger partial charge on any atom is 0.261 e. The Hall–Kier alpha value is -2.89. The standard InChI is InChI=1S/C21H18ClNO3.H2O/c1-13-18(22)11-15(12-19(13)26-3)10-17-16(20(24)23(2)21(17)25)9-14-7-5-4-6-8-14;/h4-12H,1-3H3;1H2/b16-9+,17-10+;. The van der Waals surface area contributed by atoms with Crippen LogP contribution in [0.15, 0.2) is 53.6 Å². The van der Waals surface area contributed by atoms with Gasteiger partial charge in [0, 0.05) is 17.6 Å². The van der Waals surface area contributed by atoms with Gasteiger partial charge in [-0.3, -0.25) is 14.5 Å². The van der Waals surface area contributed by atoms with Crippen LogP contribution in [0.1, 0.15) is 16.7 Å². The number of ether oxygens (including phenoxy) is 1. The minimum Gasteiger partial charge on any atom is -0.496 e. The third kappa shape index (κ3) is 3.94. The molecule has 0 atom stereocenters. The van der Waals surface area contributed by atoms with Crippen molar-refractivity contribution >= 4 is 35.6 Å². The topological polar surface area (TPSA) is 78.1 Å². The summed E-state index contributed by atoms with van der Waals surface area (Å²) >= 11 is 6.26. The molecule has 2 aromatic carbocycles. The number of imide groups is 1. The first-order chi connectivity index (χ1) is 12.4. The van der Waals surface area contributed by atoms with E-state index in [9.17, 15) is 9.59 Å². The van der Waals surface area contributed by atoms with E-state index in [-0.39, 0.29) is 17.3 Å². The van der Waals surface area contributed by atoms with Gasteiger partial charge in [-0.15, -0.1) is 0 Å². The van der Waals surface area contributed by atoms with E-state index in [0.717, 1.165) is 16.0 Å². The van der Waals surface area contributed by atoms with Crippen LogP contribution >= 0.6 is 11.6 Å². The molecule has 6 heteroatoms. The van der Waals surface area contributed by atoms with E-state index in [0.29, 0.717) is 27.5 Å². The van der Waals surface area contributed by atoms with Gasteiger partial charge in [-0.25, -0.2) is 0 Å². The number of nitrogens with zero attached hydrogens (tertiary/aromatic N) is 1. The van der Waals surface area contributed by atoms with Gasteiger partial charge in [0.25, 0.3) is 11.8 Å². The molecule has 1 aliphatic heterocycles. The molecule has 0 aromatic heterocycles. The number of rotatable bonds is 3. The van der Waals surface area contributed by atoms with E-state index < -0.39 is 0 Å². The second kappa shape index (κ2) is 8.20. The van der Waals surface area contributed by atoms with Crippen LogP contribution in [0.5, 0.6) is 5.75 Å². The molecule has 5 nitrogen and oxygen atoms in total. The fourth-order valence-corrected chi connectivity index (χ4v) is 3.03. The lowest BCUT2D eigenvalue weighted by molar-refractivity contribution is -0.134. The van der Waals surface area contributed by atoms with Crippen molar-refractivity contribution < 1.29 is 19.8 Å². The summed E-state index contributed by atoms with van der Waals surface area (Å²) in [4.78, 5) is 26.2. The van der Waals surface area contributed by atoms with Crippen molar-refractivity contribution in [1.29, 1.82) is 0 Å². The molecule has 0 saturated carbocycles. The number of hydrogen-bond acceptors (Lipinski definition) is 3. The summed E-state index contributed by atoms with van der Waals surface area (Å²) in [5.74, 6) is -0.0359. The molecule has 1 fully saturated rings. The Morgan fingerprint density at radius 3 is 2.07 bits per heavy atom. The van der Waals surface area contributed by atoms with Gasteiger partial charge in [0.15, 0.2) is 0 Å². The summed E-state index contributed by atoms with van der Waals surface area (Å²) in [5, 5.41) is 0.537. The molecular weight excluding hydrogens is 366 g/mol. The lowest BCUT2D eigenvalue weighted by Crippen LogP contribution is -2.24. The Kier molecular flexibility index (Phi) is 6.20. The predicted molar refractivity (Wildman–Crippen MR) is 107 cm³/mol. The smallest absolute Gasteiger partial charge is 0.261 e. The van der Waals surface area contributed by atoms with Crippen molar-refractivity contribution in [2.75, 3.05) is 14.2 Å². The second-order valence-electron chi connectivity index (χ2n) is 6.03. The maximum absolute atomic E-state index is 12.6. The van der Waals surface area contributed by atoms with Crippen LogP contribution in [0.25, 0.3) is 12.2 Å². The summed E-state index contributed by atoms with van der Waals surface area (Å²) in [6.07, 6.45) is 3.40. The van der Waals surface area contributed by atoms with Crippen LogP contribution in [0, 0.1) is 6.92 Å². The zero-order chi connectivity index (χ0) is 18.8. The van der Waals surface area contributed by atoms with E-state index in [4.69, 9.17) is 16.3 Å². The van der Waals surface area contributed by atoms with Crippen LogP contribution < -0.4 is 4.74 Å². The molecule has 0 bridgehead atoms. The number of likely N-dealkylation sites (tertiary alicyclic amines) is 1. The lowest BCUT2D eigenvalue weighted by atomic mass is 10.0. The highest BCUT2D eigenvalue weighted by molar-refractivity contribution is 6.32. The van der Waals surface area contributed by atoms with E-state index in [2.05, 4.69) is 0 Å². The molecule has 3 rings (SSSR count). The van der Waals surface area contributed by atoms with E-state index >= 15 is 0 Å². The summed E-state index contributed by atoms with van der Waals surface area (Å²) in [5.41, 5.74) is 3.07. The summed E-state index contributed by atoms with van der Waals surface area (Å²) in [7, 11) is 3.04. The fourth-order valence-electron chi connectivity index (χ4n) is 2.81. The highest BCUT2D eigenvalue weighted by atomic mass is 35.5. The fraction of sp³-hybridized carbons (Fsp3) is 0.143. The van der Waals surface area contributed by atoms with Crippen molar-refractivity contribution in [3.63, 3.8) is 0 Å². The number of likely N-dealkylation sites (N-methyl/N-ethyl adjacent to an activating group) is 1. The molecule has 27 heavy (non-hydrogen) atoms. The number of carbonyl (C=O) groups is 2. The van der Waals surface area contributed by atoms with Gasteiger partial charge in [0.05, 0.1) is 18.3 Å². The first kappa shape index (κ1) is 20.4. The van der Waals surface area contributed by atoms with E-state index in [1.165, 1.54) is 7.05 Å². The number of benzene rings is 2. The van der Waals surface area contributed by atoms with Crippen molar-refractivity contribution in [3.8, 4) is 5.75 Å². The predicted octanol–water partition coefficient (Wildman–Crippen LogP) is 3.30. The molecule has 1 saturated heterocycles. The Bertz CT molecular complexity index is 948. The lowest BCUT2D eigenvalue weighted by Gasteiger charge is -2.08. The minimum atomic E-state index is -0.340. The minimum absolute atomic E-state index is 0. The largest absolute Gasteiger partial charge is 0.496 e. The Morgan fingerprint density at radius 1 is 0.963 bits per heavy atom. The highest BCUT2D eigenvalue weighted by Crippen LogP contribution is 2.32. The SMILES string of the molecule is COc1cc(/C=C2/C(=O)N(C)C(=O)/C2=C/c2ccccc2)cc(Cl)c1C.O. The first-order valence-electron chi connectivity index (χ1n) is 8.07. The van der Waals surface area contributed by atoms with Crippen LogP contribution in [0.4, 0.5) is 0 Å². The molecule has 2 N–H and O–H groups in total. The van der Waals surface area contributed by atoms with E-state index in [1.54, 1.807) is 31.4 Å². The molecule has 0 aliphatic carbocycles. The Labute approximate surface area is 162 Å². The molecule has 0 spiro atoms. The number of amides is 2. The van der Waals surface area contributed by atoms with Gasteiger partial charge in [-0.05, 0) is 42.3 Å². The van der Waals surface area contributed by atoms with Gasteiger partial charge < -0.3 is 10.2 Å². The monoisotopic (exact) mass is 385 g/mol. The number of halogens is 1. The van der Waals surface area contributed by atoms with Crippen LogP contribution in [-0.4, -0.2) is 36.3 Å². The van der Waals surface area contributed by atoms with Gasteiger partial charge in [0.2, 0.25) is 0 Å². The maximum atomic E-state index is 12.6. The molecule has 0 radical (unpaired) electrons. The van der Waals surface area contributed by atoms with Crippen molar-refractivity contribution in [2.24, 2.45) is 0 Å². The van der Waals surface area contributed by atoms with E-state index in [1.807, 2.05) is 37.3 Å². The number of methoxy groups -OCH3 is 1. The average Bonchev–Trinajstić information content (AvgIpc) is 2.83. The average molecular weight is 386 g/mol. The van der Waals surface area contributed by atoms with Gasteiger partial charge >= 0.3 is 0 Å². The molecule has 1 heterocycles. The third-order valence-corrected chi connectivity index (χ3v) is 4.71. The van der Waals surface area contributed by atoms with Gasteiger partial charge in [-0.2, -0.15) is 0 Å². The second-order valence-corrected chi connectivity index (χ2v) is 6.43. The zero-order valence-corrected chi connectivity index (χ0v) is 16.0. The quantitative estimate of drug-likeness (QED) is 0.600. The van der Waals surface area contributed by atoms with Gasteiger partial charge in [0.1, 0.15) is 5.75 Å². The summed E-state index contributed by atoms with van der Waals surface area (Å²) in [6, 6.07) is 13.0. The number of hydrogen-bond donors (Lipinski definition) is 0. The third-order valence-electron chi connectivity index (χ3n) is 4.32. The Morgan fingerprint density at radius 2 is 1.52 bits per heavy atom. The molecule has 140 valence electrons. The van der Waals surface area contributed by atoms with Crippen LogP contribution in [-0.2, 0) is 9.59 Å². The Balaban J connectivity index is 0.00000261. The number of carbonyl (C=O) groups excluding carboxylic acids is 2. The first-order valence-corrected chi connectivity index (χ1v) is 8.45. The molecule has 1 aliphatic rings. The van der Waals surface area contributed by atoms with Crippen molar-refractivity contribution in [2.45, 2.75) is 6.92 Å². The van der Waals surface area contributed by atoms with Crippen LogP contribution in [0.3, 0.4) is 0 Å². The molecular formula is C21H20ClNO4. The van der Waals surface area contributed by atoms with Crippen LogP contribution in [0.2, 0.25) is 5.02 Å². The van der Waals surface area contributed by atoms with Gasteiger partial charge in [-0.1, -0.05) is 41.9 Å². The summed E-state index contributed by atoms with van der Waals surface area (Å²) in [6.45, 7) is 1.86. The molecule has 2 aromatic rings.